The number of aromatic nitrogens is 1. The van der Waals surface area contributed by atoms with Crippen molar-refractivity contribution >= 4 is 64.1 Å². The summed E-state index contributed by atoms with van der Waals surface area (Å²) >= 11 is 14.3. The monoisotopic (exact) mass is 570 g/mol. The Hall–Kier alpha value is -2.71. The summed E-state index contributed by atoms with van der Waals surface area (Å²) in [4.78, 5) is 32.4. The molecule has 0 fully saturated rings. The molecule has 1 aliphatic rings. The molecule has 2 heterocycles. The van der Waals surface area contributed by atoms with Crippen molar-refractivity contribution in [2.75, 3.05) is 31.5 Å². The van der Waals surface area contributed by atoms with Gasteiger partial charge in [-0.25, -0.2) is 0 Å². The molecule has 6 nitrogen and oxygen atoms in total. The highest BCUT2D eigenvalue weighted by Crippen LogP contribution is 2.38. The summed E-state index contributed by atoms with van der Waals surface area (Å²) in [5.74, 6) is 0.328. The molecule has 4 rings (SSSR count). The standard InChI is InChI=1S/C29H32Cl2N4O2S/c1-5-35(6-2)13-12-32-29(37)27-17(3)26(33-18(27)4)15-21-20-14-19(10-11-25(20)34-28(21)36)38-16-22-23(30)8-7-9-24(22)31/h7-11,14-15,33H,5-6,12-13,16H2,1-4H3,(H,32,37)(H,34,36)/b21-15-. The first kappa shape index (κ1) is 28.3. The number of hydrogen-bond acceptors (Lipinski definition) is 4. The number of fused-ring (bicyclic) bond motifs is 1. The smallest absolute Gasteiger partial charge is 0.256 e. The van der Waals surface area contributed by atoms with Crippen LogP contribution in [0.5, 0.6) is 0 Å². The lowest BCUT2D eigenvalue weighted by Crippen LogP contribution is -2.35. The molecule has 3 N–H and O–H groups in total. The molecule has 2 amide bonds. The molecule has 0 spiro atoms. The molecule has 38 heavy (non-hydrogen) atoms. The van der Waals surface area contributed by atoms with Gasteiger partial charge in [0.1, 0.15) is 0 Å². The fourth-order valence-corrected chi connectivity index (χ4v) is 6.26. The number of anilines is 1. The fraction of sp³-hybridized carbons (Fsp3) is 0.310. The van der Waals surface area contributed by atoms with Gasteiger partial charge in [-0.2, -0.15) is 0 Å². The van der Waals surface area contributed by atoms with E-state index in [4.69, 9.17) is 23.2 Å². The molecule has 0 atom stereocenters. The maximum absolute atomic E-state index is 13.0. The van der Waals surface area contributed by atoms with Gasteiger partial charge in [-0.3, -0.25) is 9.59 Å². The summed E-state index contributed by atoms with van der Waals surface area (Å²) in [6.45, 7) is 11.3. The van der Waals surface area contributed by atoms with Gasteiger partial charge in [0, 0.05) is 56.4 Å². The van der Waals surface area contributed by atoms with Crippen LogP contribution in [-0.2, 0) is 10.5 Å². The predicted octanol–water partition coefficient (Wildman–Crippen LogP) is 6.79. The summed E-state index contributed by atoms with van der Waals surface area (Å²) in [5.41, 5.74) is 5.97. The van der Waals surface area contributed by atoms with E-state index in [0.29, 0.717) is 33.5 Å². The van der Waals surface area contributed by atoms with Crippen LogP contribution < -0.4 is 10.6 Å². The van der Waals surface area contributed by atoms with Gasteiger partial charge >= 0.3 is 0 Å². The van der Waals surface area contributed by atoms with Crippen LogP contribution in [0.25, 0.3) is 11.6 Å². The van der Waals surface area contributed by atoms with Gasteiger partial charge in [0.15, 0.2) is 0 Å². The van der Waals surface area contributed by atoms with Gasteiger partial charge in [0.2, 0.25) is 0 Å². The lowest BCUT2D eigenvalue weighted by molar-refractivity contribution is -0.110. The molecule has 0 aliphatic carbocycles. The number of nitrogens with one attached hydrogen (secondary N) is 3. The minimum Gasteiger partial charge on any atom is -0.358 e. The number of rotatable bonds is 10. The summed E-state index contributed by atoms with van der Waals surface area (Å²) in [6.07, 6.45) is 1.83. The van der Waals surface area contributed by atoms with E-state index in [9.17, 15) is 9.59 Å². The second kappa shape index (κ2) is 12.4. The van der Waals surface area contributed by atoms with Gasteiger partial charge in [-0.05, 0) is 74.5 Å². The van der Waals surface area contributed by atoms with Gasteiger partial charge in [-0.1, -0.05) is 43.1 Å². The Kier molecular flexibility index (Phi) is 9.26. The minimum atomic E-state index is -0.173. The van der Waals surface area contributed by atoms with E-state index in [1.807, 2.05) is 56.3 Å². The summed E-state index contributed by atoms with van der Waals surface area (Å²) in [7, 11) is 0. The van der Waals surface area contributed by atoms with E-state index in [0.717, 1.165) is 58.3 Å². The van der Waals surface area contributed by atoms with Crippen LogP contribution in [0.3, 0.4) is 0 Å². The first-order valence-corrected chi connectivity index (χ1v) is 14.4. The second-order valence-electron chi connectivity index (χ2n) is 9.15. The fourth-order valence-electron chi connectivity index (χ4n) is 4.59. The van der Waals surface area contributed by atoms with Crippen molar-refractivity contribution in [1.29, 1.82) is 0 Å². The summed E-state index contributed by atoms with van der Waals surface area (Å²) in [5, 5.41) is 7.24. The molecule has 1 aromatic heterocycles. The third kappa shape index (κ3) is 6.12. The molecule has 9 heteroatoms. The highest BCUT2D eigenvalue weighted by Gasteiger charge is 2.26. The normalized spacial score (nSPS) is 13.8. The van der Waals surface area contributed by atoms with Gasteiger partial charge in [0.25, 0.3) is 11.8 Å². The Bertz CT molecular complexity index is 1380. The number of thioether (sulfide) groups is 1. The zero-order valence-corrected chi connectivity index (χ0v) is 24.3. The van der Waals surface area contributed by atoms with Crippen molar-refractivity contribution in [2.45, 2.75) is 38.3 Å². The second-order valence-corrected chi connectivity index (χ2v) is 11.0. The molecule has 0 bridgehead atoms. The number of H-pyrrole nitrogens is 1. The van der Waals surface area contributed by atoms with Crippen LogP contribution in [0.4, 0.5) is 5.69 Å². The van der Waals surface area contributed by atoms with Gasteiger partial charge < -0.3 is 20.5 Å². The number of benzene rings is 2. The largest absolute Gasteiger partial charge is 0.358 e. The highest BCUT2D eigenvalue weighted by molar-refractivity contribution is 7.98. The summed E-state index contributed by atoms with van der Waals surface area (Å²) in [6, 6.07) is 11.4. The van der Waals surface area contributed by atoms with Crippen molar-refractivity contribution in [1.82, 2.24) is 15.2 Å². The molecule has 3 aromatic rings. The number of aromatic amines is 1. The van der Waals surface area contributed by atoms with Crippen molar-refractivity contribution in [3.05, 3.63) is 80.1 Å². The quantitative estimate of drug-likeness (QED) is 0.185. The number of carbonyl (C=O) groups excluding carboxylic acids is 2. The zero-order valence-electron chi connectivity index (χ0n) is 22.0. The van der Waals surface area contributed by atoms with Gasteiger partial charge in [0.05, 0.1) is 11.1 Å². The molecule has 1 aliphatic heterocycles. The highest BCUT2D eigenvalue weighted by atomic mass is 35.5. The van der Waals surface area contributed by atoms with Crippen LogP contribution in [0, 0.1) is 13.8 Å². The molecule has 0 radical (unpaired) electrons. The lowest BCUT2D eigenvalue weighted by Gasteiger charge is -2.18. The number of halogens is 2. The van der Waals surface area contributed by atoms with Crippen LogP contribution in [-0.4, -0.2) is 47.9 Å². The van der Waals surface area contributed by atoms with Crippen molar-refractivity contribution in [3.63, 3.8) is 0 Å². The minimum absolute atomic E-state index is 0.110. The van der Waals surface area contributed by atoms with Crippen molar-refractivity contribution < 1.29 is 9.59 Å². The van der Waals surface area contributed by atoms with E-state index < -0.39 is 0 Å². The molecule has 2 aromatic carbocycles. The van der Waals surface area contributed by atoms with Crippen LogP contribution >= 0.6 is 35.0 Å². The Balaban J connectivity index is 1.55. The molecular weight excluding hydrogens is 539 g/mol. The third-order valence-electron chi connectivity index (χ3n) is 6.82. The average molecular weight is 572 g/mol. The molecule has 200 valence electrons. The first-order valence-electron chi connectivity index (χ1n) is 12.7. The van der Waals surface area contributed by atoms with Crippen molar-refractivity contribution in [3.8, 4) is 0 Å². The van der Waals surface area contributed by atoms with Crippen LogP contribution in [0.15, 0.2) is 41.3 Å². The van der Waals surface area contributed by atoms with E-state index in [1.54, 1.807) is 11.8 Å². The average Bonchev–Trinajstić information content (AvgIpc) is 3.35. The molecule has 0 saturated heterocycles. The lowest BCUT2D eigenvalue weighted by atomic mass is 10.0. The van der Waals surface area contributed by atoms with Crippen LogP contribution in [0.2, 0.25) is 10.0 Å². The molecule has 0 saturated carbocycles. The Morgan fingerprint density at radius 2 is 1.82 bits per heavy atom. The Morgan fingerprint density at radius 3 is 2.50 bits per heavy atom. The van der Waals surface area contributed by atoms with E-state index in [1.165, 1.54) is 0 Å². The SMILES string of the molecule is CCN(CC)CCNC(=O)c1c(C)[nH]c(/C=C2\C(=O)Nc3ccc(SCc4c(Cl)cccc4Cl)cc32)c1C. The zero-order chi connectivity index (χ0) is 27.4. The predicted molar refractivity (Wildman–Crippen MR) is 159 cm³/mol. The number of amides is 2. The van der Waals surface area contributed by atoms with Crippen molar-refractivity contribution in [2.24, 2.45) is 0 Å². The van der Waals surface area contributed by atoms with E-state index in [-0.39, 0.29) is 11.8 Å². The number of likely N-dealkylation sites (N-methyl/N-ethyl adjacent to an activating group) is 1. The number of nitrogens with zero attached hydrogens (tertiary/aromatic N) is 1. The number of aryl methyl sites for hydroxylation is 1. The summed E-state index contributed by atoms with van der Waals surface area (Å²) < 4.78 is 0. The Labute approximate surface area is 238 Å². The number of carbonyl (C=O) groups is 2. The third-order valence-corrected chi connectivity index (χ3v) is 8.55. The topological polar surface area (TPSA) is 77.2 Å². The number of hydrogen-bond donors (Lipinski definition) is 3. The maximum Gasteiger partial charge on any atom is 0.256 e. The molecule has 0 unspecified atom stereocenters. The molecular formula is C29H32Cl2N4O2S. The van der Waals surface area contributed by atoms with Gasteiger partial charge in [-0.15, -0.1) is 11.8 Å². The Morgan fingerprint density at radius 1 is 1.11 bits per heavy atom. The first-order chi connectivity index (χ1) is 18.2. The van der Waals surface area contributed by atoms with E-state index in [2.05, 4.69) is 34.4 Å². The maximum atomic E-state index is 13.0. The van der Waals surface area contributed by atoms with E-state index >= 15 is 0 Å². The van der Waals surface area contributed by atoms with Crippen LogP contribution in [0.1, 0.15) is 52.3 Å².